The fraction of sp³-hybridized carbons (Fsp3) is 0.632. The highest BCUT2D eigenvalue weighted by Gasteiger charge is 2.56. The Labute approximate surface area is 141 Å². The Morgan fingerprint density at radius 1 is 1.04 bits per heavy atom. The lowest BCUT2D eigenvalue weighted by Crippen LogP contribution is -2.62. The number of aromatic hydroxyl groups is 2. The normalized spacial score (nSPS) is 36.7. The monoisotopic (exact) mass is 331 g/mol. The van der Waals surface area contributed by atoms with Crippen LogP contribution in [0.15, 0.2) is 18.2 Å². The standard InChI is InChI=1S/C19H25NO4/c21-16-2-1-11(8-17(16)22)9-18(23)20-10-19(24)14-4-12-3-13(6-14)7-15(19)5-12/h1-2,8,12-15,21-22,24H,3-7,9-10H2,(H,20,23). The minimum absolute atomic E-state index is 0.129. The van der Waals surface area contributed by atoms with Crippen molar-refractivity contribution in [3.05, 3.63) is 23.8 Å². The lowest BCUT2D eigenvalue weighted by Gasteiger charge is -2.58. The van der Waals surface area contributed by atoms with Gasteiger partial charge in [0.15, 0.2) is 11.5 Å². The molecule has 5 heteroatoms. The van der Waals surface area contributed by atoms with Gasteiger partial charge in [-0.3, -0.25) is 4.79 Å². The molecule has 0 unspecified atom stereocenters. The summed E-state index contributed by atoms with van der Waals surface area (Å²) in [7, 11) is 0. The van der Waals surface area contributed by atoms with E-state index < -0.39 is 5.60 Å². The van der Waals surface area contributed by atoms with E-state index in [1.54, 1.807) is 6.07 Å². The first-order valence-electron chi connectivity index (χ1n) is 8.94. The van der Waals surface area contributed by atoms with E-state index in [9.17, 15) is 20.1 Å². The second kappa shape index (κ2) is 5.66. The molecule has 4 aliphatic rings. The summed E-state index contributed by atoms with van der Waals surface area (Å²) in [4.78, 5) is 12.2. The van der Waals surface area contributed by atoms with Crippen molar-refractivity contribution >= 4 is 5.91 Å². The van der Waals surface area contributed by atoms with Crippen molar-refractivity contribution in [3.8, 4) is 11.5 Å². The van der Waals surface area contributed by atoms with Gasteiger partial charge in [-0.25, -0.2) is 0 Å². The third-order valence-electron chi connectivity index (χ3n) is 6.53. The van der Waals surface area contributed by atoms with Gasteiger partial charge in [-0.05, 0) is 73.5 Å². The Morgan fingerprint density at radius 3 is 2.25 bits per heavy atom. The Bertz CT molecular complexity index is 629. The van der Waals surface area contributed by atoms with Crippen molar-refractivity contribution in [2.45, 2.75) is 44.1 Å². The number of hydrogen-bond donors (Lipinski definition) is 4. The van der Waals surface area contributed by atoms with Gasteiger partial charge in [0.25, 0.3) is 0 Å². The number of phenols is 2. The highest BCUT2D eigenvalue weighted by atomic mass is 16.3. The molecule has 0 aliphatic heterocycles. The van der Waals surface area contributed by atoms with Crippen LogP contribution in [0.3, 0.4) is 0 Å². The average molecular weight is 331 g/mol. The van der Waals surface area contributed by atoms with Crippen LogP contribution in [0.5, 0.6) is 11.5 Å². The van der Waals surface area contributed by atoms with Gasteiger partial charge in [0.2, 0.25) is 5.91 Å². The molecule has 0 radical (unpaired) electrons. The smallest absolute Gasteiger partial charge is 0.224 e. The van der Waals surface area contributed by atoms with Gasteiger partial charge >= 0.3 is 0 Å². The maximum Gasteiger partial charge on any atom is 0.224 e. The fourth-order valence-corrected chi connectivity index (χ4v) is 5.46. The fourth-order valence-electron chi connectivity index (χ4n) is 5.46. The molecule has 130 valence electrons. The van der Waals surface area contributed by atoms with Crippen LogP contribution in [0.2, 0.25) is 0 Å². The molecular weight excluding hydrogens is 306 g/mol. The van der Waals surface area contributed by atoms with E-state index in [-0.39, 0.29) is 23.8 Å². The molecule has 0 heterocycles. The van der Waals surface area contributed by atoms with Crippen LogP contribution in [-0.2, 0) is 11.2 Å². The van der Waals surface area contributed by atoms with Gasteiger partial charge in [0.1, 0.15) is 0 Å². The molecule has 4 N–H and O–H groups in total. The zero-order valence-corrected chi connectivity index (χ0v) is 13.7. The van der Waals surface area contributed by atoms with Gasteiger partial charge in [-0.2, -0.15) is 0 Å². The van der Waals surface area contributed by atoms with Crippen LogP contribution in [0.4, 0.5) is 0 Å². The molecule has 1 aromatic carbocycles. The van der Waals surface area contributed by atoms with E-state index in [0.717, 1.165) is 37.5 Å². The largest absolute Gasteiger partial charge is 0.504 e. The SMILES string of the molecule is O=C(Cc1ccc(O)c(O)c1)NCC1(O)C2CC3CC(C2)CC1C3. The van der Waals surface area contributed by atoms with Gasteiger partial charge in [0.05, 0.1) is 12.0 Å². The van der Waals surface area contributed by atoms with Gasteiger partial charge < -0.3 is 20.6 Å². The van der Waals surface area contributed by atoms with E-state index in [2.05, 4.69) is 5.32 Å². The predicted molar refractivity (Wildman–Crippen MR) is 88.5 cm³/mol. The van der Waals surface area contributed by atoms with Crippen LogP contribution in [-0.4, -0.2) is 33.4 Å². The average Bonchev–Trinajstić information content (AvgIpc) is 2.54. The molecule has 4 aliphatic carbocycles. The maximum atomic E-state index is 12.2. The lowest BCUT2D eigenvalue weighted by atomic mass is 9.50. The van der Waals surface area contributed by atoms with E-state index >= 15 is 0 Å². The number of amides is 1. The first-order valence-corrected chi connectivity index (χ1v) is 8.94. The predicted octanol–water partition coefficient (Wildman–Crippen LogP) is 1.94. The summed E-state index contributed by atoms with van der Waals surface area (Å²) in [6, 6.07) is 4.39. The maximum absolute atomic E-state index is 12.2. The zero-order valence-electron chi connectivity index (χ0n) is 13.7. The number of carbonyl (C=O) groups excluding carboxylic acids is 1. The Morgan fingerprint density at radius 2 is 1.67 bits per heavy atom. The Hall–Kier alpha value is -1.75. The summed E-state index contributed by atoms with van der Waals surface area (Å²) in [5.41, 5.74) is -0.111. The molecule has 1 aromatic rings. The molecule has 0 aromatic heterocycles. The van der Waals surface area contributed by atoms with Gasteiger partial charge in [0, 0.05) is 6.54 Å². The number of aliphatic hydroxyl groups is 1. The van der Waals surface area contributed by atoms with Crippen molar-refractivity contribution < 1.29 is 20.1 Å². The minimum atomic E-state index is -0.750. The molecule has 4 bridgehead atoms. The number of carbonyl (C=O) groups is 1. The number of hydrogen-bond acceptors (Lipinski definition) is 4. The number of phenolic OH excluding ortho intramolecular Hbond substituents is 2. The third kappa shape index (κ3) is 2.65. The third-order valence-corrected chi connectivity index (χ3v) is 6.53. The van der Waals surface area contributed by atoms with E-state index in [4.69, 9.17) is 0 Å². The highest BCUT2D eigenvalue weighted by molar-refractivity contribution is 5.78. The summed E-state index contributed by atoms with van der Waals surface area (Å²) in [6.07, 6.45) is 5.87. The first-order chi connectivity index (χ1) is 11.4. The number of nitrogens with one attached hydrogen (secondary N) is 1. The van der Waals surface area contributed by atoms with Crippen molar-refractivity contribution in [1.82, 2.24) is 5.32 Å². The lowest BCUT2D eigenvalue weighted by molar-refractivity contribution is -0.171. The first kappa shape index (κ1) is 15.8. The van der Waals surface area contributed by atoms with Gasteiger partial charge in [-0.1, -0.05) is 6.07 Å². The Balaban J connectivity index is 1.37. The molecule has 24 heavy (non-hydrogen) atoms. The molecule has 0 atom stereocenters. The van der Waals surface area contributed by atoms with Crippen molar-refractivity contribution in [1.29, 1.82) is 0 Å². The van der Waals surface area contributed by atoms with Crippen molar-refractivity contribution in [2.24, 2.45) is 23.7 Å². The molecule has 0 spiro atoms. The zero-order chi connectivity index (χ0) is 16.9. The molecule has 1 amide bonds. The van der Waals surface area contributed by atoms with Crippen molar-refractivity contribution in [2.75, 3.05) is 6.54 Å². The van der Waals surface area contributed by atoms with E-state index in [1.807, 2.05) is 0 Å². The summed E-state index contributed by atoms with van der Waals surface area (Å²) in [5.74, 6) is 1.63. The molecule has 4 fully saturated rings. The van der Waals surface area contributed by atoms with Crippen LogP contribution in [0.25, 0.3) is 0 Å². The highest BCUT2D eigenvalue weighted by Crippen LogP contribution is 2.58. The van der Waals surface area contributed by atoms with E-state index in [1.165, 1.54) is 18.6 Å². The second-order valence-electron chi connectivity index (χ2n) is 8.07. The Kier molecular flexibility index (Phi) is 3.71. The van der Waals surface area contributed by atoms with Crippen LogP contribution in [0, 0.1) is 23.7 Å². The summed E-state index contributed by atoms with van der Waals surface area (Å²) < 4.78 is 0. The molecule has 5 nitrogen and oxygen atoms in total. The van der Waals surface area contributed by atoms with Crippen LogP contribution >= 0.6 is 0 Å². The summed E-state index contributed by atoms with van der Waals surface area (Å²) in [6.45, 7) is 0.324. The van der Waals surface area contributed by atoms with Gasteiger partial charge in [-0.15, -0.1) is 0 Å². The van der Waals surface area contributed by atoms with Crippen LogP contribution < -0.4 is 5.32 Å². The van der Waals surface area contributed by atoms with Crippen molar-refractivity contribution in [3.63, 3.8) is 0 Å². The topological polar surface area (TPSA) is 89.8 Å². The molecule has 0 saturated heterocycles. The summed E-state index contributed by atoms with van der Waals surface area (Å²) >= 11 is 0. The second-order valence-corrected chi connectivity index (χ2v) is 8.07. The quantitative estimate of drug-likeness (QED) is 0.635. The number of benzene rings is 1. The molecule has 4 saturated carbocycles. The number of rotatable bonds is 4. The van der Waals surface area contributed by atoms with E-state index in [0.29, 0.717) is 23.9 Å². The minimum Gasteiger partial charge on any atom is -0.504 e. The van der Waals surface area contributed by atoms with Crippen LogP contribution in [0.1, 0.15) is 37.7 Å². The summed E-state index contributed by atoms with van der Waals surface area (Å²) in [5, 5.41) is 32.9. The molecule has 5 rings (SSSR count). The molecular formula is C19H25NO4.